The molecular formula is C21H21NO8. The van der Waals surface area contributed by atoms with Crippen LogP contribution in [-0.2, 0) is 27.2 Å². The van der Waals surface area contributed by atoms with Gasteiger partial charge in [0.05, 0.1) is 20.6 Å². The molecule has 3 aromatic rings. The van der Waals surface area contributed by atoms with E-state index >= 15 is 0 Å². The van der Waals surface area contributed by atoms with Crippen LogP contribution >= 0.6 is 0 Å². The summed E-state index contributed by atoms with van der Waals surface area (Å²) in [5, 5.41) is 4.37. The maximum Gasteiger partial charge on any atom is 0.336 e. The molecule has 158 valence electrons. The Morgan fingerprint density at radius 1 is 1.03 bits per heavy atom. The predicted molar refractivity (Wildman–Crippen MR) is 105 cm³/mol. The van der Waals surface area contributed by atoms with Crippen LogP contribution in [0.15, 0.2) is 38.0 Å². The number of methoxy groups -OCH3 is 2. The molecule has 0 saturated carbocycles. The quantitative estimate of drug-likeness (QED) is 0.311. The minimum Gasteiger partial charge on any atom is -0.479 e. The van der Waals surface area contributed by atoms with Crippen molar-refractivity contribution in [3.8, 4) is 11.6 Å². The highest BCUT2D eigenvalue weighted by atomic mass is 16.5. The van der Waals surface area contributed by atoms with Crippen LogP contribution < -0.4 is 15.1 Å². The Morgan fingerprint density at radius 3 is 2.50 bits per heavy atom. The molecule has 9 heteroatoms. The average Bonchev–Trinajstić information content (AvgIpc) is 3.18. The Balaban J connectivity index is 1.82. The van der Waals surface area contributed by atoms with E-state index < -0.39 is 11.6 Å². The maximum absolute atomic E-state index is 12.4. The molecule has 0 aliphatic carbocycles. The monoisotopic (exact) mass is 415 g/mol. The van der Waals surface area contributed by atoms with Crippen molar-refractivity contribution < 1.29 is 32.7 Å². The zero-order chi connectivity index (χ0) is 21.7. The molecule has 0 spiro atoms. The molecule has 0 radical (unpaired) electrons. The van der Waals surface area contributed by atoms with Gasteiger partial charge in [0.25, 0.3) is 5.88 Å². The highest BCUT2D eigenvalue weighted by molar-refractivity contribution is 5.84. The normalized spacial score (nSPS) is 10.8. The zero-order valence-electron chi connectivity index (χ0n) is 16.9. The zero-order valence-corrected chi connectivity index (χ0v) is 16.9. The average molecular weight is 415 g/mol. The smallest absolute Gasteiger partial charge is 0.336 e. The Kier molecular flexibility index (Phi) is 6.51. The number of rotatable bonds is 8. The van der Waals surface area contributed by atoms with Gasteiger partial charge in [-0.2, -0.15) is 0 Å². The number of aryl methyl sites for hydroxylation is 3. The maximum atomic E-state index is 12.4. The van der Waals surface area contributed by atoms with Gasteiger partial charge >= 0.3 is 17.6 Å². The molecule has 0 N–H and O–H groups in total. The van der Waals surface area contributed by atoms with E-state index in [0.717, 1.165) is 5.56 Å². The molecule has 2 aromatic heterocycles. The molecular weight excluding hydrogens is 394 g/mol. The number of benzene rings is 1. The molecule has 0 unspecified atom stereocenters. The van der Waals surface area contributed by atoms with Crippen molar-refractivity contribution in [3.05, 3.63) is 51.6 Å². The van der Waals surface area contributed by atoms with E-state index in [4.69, 9.17) is 18.4 Å². The first kappa shape index (κ1) is 21.1. The minimum absolute atomic E-state index is 0.0323. The van der Waals surface area contributed by atoms with E-state index in [0.29, 0.717) is 34.6 Å². The number of carbonyl (C=O) groups is 2. The fraction of sp³-hybridized carbons (Fsp3) is 0.333. The number of nitrogens with zero attached hydrogens (tertiary/aromatic N) is 1. The van der Waals surface area contributed by atoms with Gasteiger partial charge in [-0.25, -0.2) is 4.79 Å². The SMILES string of the molecule is COC(=O)CCc1cc2c(C)cc(=O)oc2cc1OC(=O)CCc1cc(OC)no1. The van der Waals surface area contributed by atoms with Crippen molar-refractivity contribution in [3.63, 3.8) is 0 Å². The number of hydrogen-bond acceptors (Lipinski definition) is 9. The Hall–Kier alpha value is -3.62. The Labute approximate surface area is 171 Å². The summed E-state index contributed by atoms with van der Waals surface area (Å²) in [6.07, 6.45) is 0.711. The summed E-state index contributed by atoms with van der Waals surface area (Å²) in [7, 11) is 2.77. The first-order valence-electron chi connectivity index (χ1n) is 9.24. The molecule has 2 heterocycles. The third-order valence-corrected chi connectivity index (χ3v) is 4.50. The van der Waals surface area contributed by atoms with Gasteiger partial charge in [0.15, 0.2) is 0 Å². The van der Waals surface area contributed by atoms with Crippen molar-refractivity contribution in [2.45, 2.75) is 32.6 Å². The number of ether oxygens (including phenoxy) is 3. The Morgan fingerprint density at radius 2 is 1.80 bits per heavy atom. The highest BCUT2D eigenvalue weighted by Gasteiger charge is 2.16. The van der Waals surface area contributed by atoms with E-state index in [9.17, 15) is 14.4 Å². The van der Waals surface area contributed by atoms with Crippen molar-refractivity contribution in [2.24, 2.45) is 0 Å². The van der Waals surface area contributed by atoms with Gasteiger partial charge in [-0.15, -0.1) is 0 Å². The lowest BCUT2D eigenvalue weighted by Crippen LogP contribution is -2.11. The molecule has 1 aromatic carbocycles. The summed E-state index contributed by atoms with van der Waals surface area (Å²) in [6.45, 7) is 1.78. The number of hydrogen-bond donors (Lipinski definition) is 0. The molecule has 0 aliphatic heterocycles. The van der Waals surface area contributed by atoms with Crippen molar-refractivity contribution >= 4 is 22.9 Å². The standard InChI is InChI=1S/C21H21NO8/c1-12-8-21(25)29-17-11-16(13(9-15(12)17)4-6-19(23)27-3)28-20(24)7-5-14-10-18(26-2)22-30-14/h8-11H,4-7H2,1-3H3. The van der Waals surface area contributed by atoms with Gasteiger partial charge in [-0.1, -0.05) is 0 Å². The van der Waals surface area contributed by atoms with E-state index in [1.165, 1.54) is 26.4 Å². The van der Waals surface area contributed by atoms with E-state index in [1.54, 1.807) is 19.1 Å². The van der Waals surface area contributed by atoms with Crippen LogP contribution in [0.2, 0.25) is 0 Å². The second kappa shape index (κ2) is 9.25. The largest absolute Gasteiger partial charge is 0.479 e. The van der Waals surface area contributed by atoms with Crippen LogP contribution in [0, 0.1) is 6.92 Å². The summed E-state index contributed by atoms with van der Waals surface area (Å²) in [5.74, 6) is 0.125. The topological polar surface area (TPSA) is 118 Å². The van der Waals surface area contributed by atoms with Gasteiger partial charge in [-0.3, -0.25) is 9.59 Å². The second-order valence-electron chi connectivity index (χ2n) is 6.59. The molecule has 0 fully saturated rings. The molecule has 0 saturated heterocycles. The van der Waals surface area contributed by atoms with E-state index in [1.807, 2.05) is 0 Å². The van der Waals surface area contributed by atoms with Crippen molar-refractivity contribution in [1.29, 1.82) is 0 Å². The third kappa shape index (κ3) is 5.05. The number of aromatic nitrogens is 1. The molecule has 0 aliphatic rings. The number of fused-ring (bicyclic) bond motifs is 1. The number of esters is 2. The first-order chi connectivity index (χ1) is 14.4. The van der Waals surface area contributed by atoms with E-state index in [-0.39, 0.29) is 31.0 Å². The lowest BCUT2D eigenvalue weighted by molar-refractivity contribution is -0.140. The van der Waals surface area contributed by atoms with Crippen molar-refractivity contribution in [1.82, 2.24) is 5.16 Å². The molecule has 9 nitrogen and oxygen atoms in total. The molecule has 3 rings (SSSR count). The van der Waals surface area contributed by atoms with Gasteiger partial charge in [0.2, 0.25) is 0 Å². The second-order valence-corrected chi connectivity index (χ2v) is 6.59. The van der Waals surface area contributed by atoms with E-state index in [2.05, 4.69) is 9.89 Å². The summed E-state index contributed by atoms with van der Waals surface area (Å²) in [6, 6.07) is 6.21. The highest BCUT2D eigenvalue weighted by Crippen LogP contribution is 2.29. The summed E-state index contributed by atoms with van der Waals surface area (Å²) < 4.78 is 25.4. The van der Waals surface area contributed by atoms with Gasteiger partial charge in [-0.05, 0) is 35.7 Å². The van der Waals surface area contributed by atoms with Crippen LogP contribution in [0.4, 0.5) is 0 Å². The van der Waals surface area contributed by atoms with Crippen LogP contribution in [-0.4, -0.2) is 31.3 Å². The summed E-state index contributed by atoms with van der Waals surface area (Å²) in [5.41, 5.74) is 1.14. The molecule has 0 atom stereocenters. The lowest BCUT2D eigenvalue weighted by Gasteiger charge is -2.12. The lowest BCUT2D eigenvalue weighted by atomic mass is 10.0. The van der Waals surface area contributed by atoms with Crippen molar-refractivity contribution in [2.75, 3.05) is 14.2 Å². The Bertz CT molecular complexity index is 1130. The van der Waals surface area contributed by atoms with Crippen LogP contribution in [0.3, 0.4) is 0 Å². The number of carbonyl (C=O) groups excluding carboxylic acids is 2. The molecule has 30 heavy (non-hydrogen) atoms. The fourth-order valence-electron chi connectivity index (χ4n) is 2.93. The summed E-state index contributed by atoms with van der Waals surface area (Å²) >= 11 is 0. The van der Waals surface area contributed by atoms with Crippen LogP contribution in [0.5, 0.6) is 11.6 Å². The fourth-order valence-corrected chi connectivity index (χ4v) is 2.93. The predicted octanol–water partition coefficient (Wildman–Crippen LogP) is 2.74. The van der Waals surface area contributed by atoms with Gasteiger partial charge in [0, 0.05) is 36.4 Å². The third-order valence-electron chi connectivity index (χ3n) is 4.50. The van der Waals surface area contributed by atoms with Crippen LogP contribution in [0.25, 0.3) is 11.0 Å². The van der Waals surface area contributed by atoms with Gasteiger partial charge < -0.3 is 23.2 Å². The summed E-state index contributed by atoms with van der Waals surface area (Å²) in [4.78, 5) is 35.6. The molecule has 0 amide bonds. The molecule has 0 bridgehead atoms. The minimum atomic E-state index is -0.515. The van der Waals surface area contributed by atoms with Gasteiger partial charge in [0.1, 0.15) is 17.1 Å². The first-order valence-corrected chi connectivity index (χ1v) is 9.24. The van der Waals surface area contributed by atoms with Crippen LogP contribution in [0.1, 0.15) is 29.7 Å².